The van der Waals surface area contributed by atoms with E-state index in [0.29, 0.717) is 16.6 Å². The highest BCUT2D eigenvalue weighted by molar-refractivity contribution is 6.42. The topological polar surface area (TPSA) is 54.7 Å². The summed E-state index contributed by atoms with van der Waals surface area (Å²) >= 11 is 12.1. The summed E-state index contributed by atoms with van der Waals surface area (Å²) < 4.78 is 7.24. The Labute approximate surface area is 173 Å². The summed E-state index contributed by atoms with van der Waals surface area (Å²) in [5.41, 5.74) is 3.17. The van der Waals surface area contributed by atoms with Crippen LogP contribution in [0.2, 0.25) is 10.0 Å². The smallest absolute Gasteiger partial charge is 0.352 e. The Hall–Kier alpha value is -2.05. The van der Waals surface area contributed by atoms with Gasteiger partial charge in [-0.2, -0.15) is 0 Å². The first-order valence-electron chi connectivity index (χ1n) is 9.11. The van der Waals surface area contributed by atoms with E-state index in [-0.39, 0.29) is 5.69 Å². The molecule has 1 aromatic heterocycles. The SMILES string of the molecule is O=C(O)c1cc2c(CN3CCOCC3)cccc2n1Cc1ccc(Cl)c(Cl)c1. The Balaban J connectivity index is 1.74. The number of benzene rings is 2. The Bertz CT molecular complexity index is 1030. The third kappa shape index (κ3) is 3.89. The lowest BCUT2D eigenvalue weighted by Gasteiger charge is -2.26. The molecular weight excluding hydrogens is 399 g/mol. The van der Waals surface area contributed by atoms with E-state index in [1.54, 1.807) is 18.2 Å². The largest absolute Gasteiger partial charge is 0.477 e. The molecule has 0 bridgehead atoms. The van der Waals surface area contributed by atoms with Crippen LogP contribution in [0.5, 0.6) is 0 Å². The molecule has 1 N–H and O–H groups in total. The molecule has 0 radical (unpaired) electrons. The Morgan fingerprint density at radius 2 is 1.82 bits per heavy atom. The maximum atomic E-state index is 11.9. The number of carboxylic acid groups (broad SMARTS) is 1. The van der Waals surface area contributed by atoms with Crippen LogP contribution in [-0.4, -0.2) is 46.8 Å². The zero-order valence-corrected chi connectivity index (χ0v) is 16.7. The molecule has 146 valence electrons. The van der Waals surface area contributed by atoms with Crippen molar-refractivity contribution in [1.29, 1.82) is 0 Å². The lowest BCUT2D eigenvalue weighted by Crippen LogP contribution is -2.35. The first-order chi connectivity index (χ1) is 13.5. The van der Waals surface area contributed by atoms with Gasteiger partial charge < -0.3 is 14.4 Å². The summed E-state index contributed by atoms with van der Waals surface area (Å²) in [5.74, 6) is -0.950. The monoisotopic (exact) mass is 418 g/mol. The van der Waals surface area contributed by atoms with Gasteiger partial charge in [0.2, 0.25) is 0 Å². The molecular formula is C21H20Cl2N2O3. The maximum Gasteiger partial charge on any atom is 0.352 e. The number of rotatable bonds is 5. The van der Waals surface area contributed by atoms with Crippen molar-refractivity contribution in [3.05, 3.63) is 69.3 Å². The van der Waals surface area contributed by atoms with Crippen LogP contribution in [0.15, 0.2) is 42.5 Å². The lowest BCUT2D eigenvalue weighted by molar-refractivity contribution is 0.0344. The first kappa shape index (κ1) is 19.3. The van der Waals surface area contributed by atoms with Crippen LogP contribution in [0.1, 0.15) is 21.6 Å². The van der Waals surface area contributed by atoms with Crippen LogP contribution in [0.25, 0.3) is 10.9 Å². The van der Waals surface area contributed by atoms with Crippen molar-refractivity contribution < 1.29 is 14.6 Å². The molecule has 1 aliphatic rings. The average Bonchev–Trinajstić information content (AvgIpc) is 3.05. The van der Waals surface area contributed by atoms with Crippen LogP contribution in [0.3, 0.4) is 0 Å². The molecule has 0 aliphatic carbocycles. The van der Waals surface area contributed by atoms with E-state index in [4.69, 9.17) is 27.9 Å². The van der Waals surface area contributed by atoms with Gasteiger partial charge in [0.1, 0.15) is 5.69 Å². The quantitative estimate of drug-likeness (QED) is 0.661. The highest BCUT2D eigenvalue weighted by Crippen LogP contribution is 2.28. The van der Waals surface area contributed by atoms with E-state index in [1.807, 2.05) is 22.8 Å². The maximum absolute atomic E-state index is 11.9. The number of hydrogen-bond donors (Lipinski definition) is 1. The highest BCUT2D eigenvalue weighted by Gasteiger charge is 2.19. The normalized spacial score (nSPS) is 15.2. The van der Waals surface area contributed by atoms with E-state index in [0.717, 1.165) is 54.9 Å². The number of hydrogen-bond acceptors (Lipinski definition) is 3. The number of halogens is 2. The molecule has 1 aliphatic heterocycles. The molecule has 1 saturated heterocycles. The minimum absolute atomic E-state index is 0.260. The second kappa shape index (κ2) is 8.13. The predicted molar refractivity (Wildman–Crippen MR) is 111 cm³/mol. The number of aromatic carboxylic acids is 1. The van der Waals surface area contributed by atoms with Crippen molar-refractivity contribution in [3.8, 4) is 0 Å². The van der Waals surface area contributed by atoms with Gasteiger partial charge >= 0.3 is 5.97 Å². The Kier molecular flexibility index (Phi) is 5.60. The van der Waals surface area contributed by atoms with Gasteiger partial charge in [-0.3, -0.25) is 4.90 Å². The number of ether oxygens (including phenoxy) is 1. The minimum atomic E-state index is -0.950. The van der Waals surface area contributed by atoms with Gasteiger partial charge in [0.05, 0.1) is 23.3 Å². The molecule has 4 rings (SSSR count). The lowest BCUT2D eigenvalue weighted by atomic mass is 10.1. The number of carbonyl (C=O) groups is 1. The summed E-state index contributed by atoms with van der Waals surface area (Å²) in [6.45, 7) is 4.40. The van der Waals surface area contributed by atoms with Crippen molar-refractivity contribution in [1.82, 2.24) is 9.47 Å². The first-order valence-corrected chi connectivity index (χ1v) is 9.87. The molecule has 5 nitrogen and oxygen atoms in total. The minimum Gasteiger partial charge on any atom is -0.477 e. The van der Waals surface area contributed by atoms with Gasteiger partial charge in [0.15, 0.2) is 0 Å². The Morgan fingerprint density at radius 3 is 2.54 bits per heavy atom. The predicted octanol–water partition coefficient (Wildman–Crippen LogP) is 4.53. The molecule has 1 fully saturated rings. The van der Waals surface area contributed by atoms with Crippen LogP contribution >= 0.6 is 23.2 Å². The number of fused-ring (bicyclic) bond motifs is 1. The van der Waals surface area contributed by atoms with Crippen molar-refractivity contribution in [2.75, 3.05) is 26.3 Å². The molecule has 0 unspecified atom stereocenters. The number of carboxylic acids is 1. The van der Waals surface area contributed by atoms with E-state index < -0.39 is 5.97 Å². The van der Waals surface area contributed by atoms with Crippen LogP contribution in [-0.2, 0) is 17.8 Å². The van der Waals surface area contributed by atoms with Crippen LogP contribution < -0.4 is 0 Å². The van der Waals surface area contributed by atoms with Gasteiger partial charge in [-0.25, -0.2) is 4.79 Å². The zero-order chi connectivity index (χ0) is 19.7. The summed E-state index contributed by atoms with van der Waals surface area (Å²) in [6, 6.07) is 13.1. The summed E-state index contributed by atoms with van der Waals surface area (Å²) in [6.07, 6.45) is 0. The van der Waals surface area contributed by atoms with Crippen molar-refractivity contribution in [2.24, 2.45) is 0 Å². The van der Waals surface area contributed by atoms with Gasteiger partial charge in [-0.1, -0.05) is 41.4 Å². The summed E-state index contributed by atoms with van der Waals surface area (Å²) in [5, 5.41) is 11.7. The van der Waals surface area contributed by atoms with Gasteiger partial charge in [-0.05, 0) is 35.4 Å². The molecule has 7 heteroatoms. The molecule has 0 spiro atoms. The van der Waals surface area contributed by atoms with Crippen LogP contribution in [0, 0.1) is 0 Å². The summed E-state index contributed by atoms with van der Waals surface area (Å²) in [4.78, 5) is 14.2. The number of aromatic nitrogens is 1. The third-order valence-corrected chi connectivity index (χ3v) is 5.82. The Morgan fingerprint density at radius 1 is 1.04 bits per heavy atom. The highest BCUT2D eigenvalue weighted by atomic mass is 35.5. The van der Waals surface area contributed by atoms with E-state index in [9.17, 15) is 9.90 Å². The molecule has 2 heterocycles. The molecule has 28 heavy (non-hydrogen) atoms. The average molecular weight is 419 g/mol. The van der Waals surface area contributed by atoms with Gasteiger partial charge in [-0.15, -0.1) is 0 Å². The molecule has 0 atom stereocenters. The second-order valence-corrected chi connectivity index (χ2v) is 7.72. The van der Waals surface area contributed by atoms with E-state index in [2.05, 4.69) is 11.0 Å². The standard InChI is InChI=1S/C21H20Cl2N2O3/c22-17-5-4-14(10-18(17)23)12-25-19-3-1-2-15(13-24-6-8-28-9-7-24)16(19)11-20(25)21(26)27/h1-5,10-11H,6-9,12-13H2,(H,26,27). The van der Waals surface area contributed by atoms with Crippen molar-refractivity contribution in [3.63, 3.8) is 0 Å². The molecule has 2 aromatic carbocycles. The fourth-order valence-corrected chi connectivity index (χ4v) is 3.97. The fourth-order valence-electron chi connectivity index (χ4n) is 3.65. The van der Waals surface area contributed by atoms with Crippen molar-refractivity contribution in [2.45, 2.75) is 13.1 Å². The van der Waals surface area contributed by atoms with Gasteiger partial charge in [0.25, 0.3) is 0 Å². The molecule has 0 saturated carbocycles. The van der Waals surface area contributed by atoms with Crippen LogP contribution in [0.4, 0.5) is 0 Å². The second-order valence-electron chi connectivity index (χ2n) is 6.91. The van der Waals surface area contributed by atoms with E-state index >= 15 is 0 Å². The number of nitrogens with zero attached hydrogens (tertiary/aromatic N) is 2. The third-order valence-electron chi connectivity index (χ3n) is 5.08. The fraction of sp³-hybridized carbons (Fsp3) is 0.286. The van der Waals surface area contributed by atoms with Gasteiger partial charge in [0, 0.05) is 37.1 Å². The number of morpholine rings is 1. The summed E-state index contributed by atoms with van der Waals surface area (Å²) in [7, 11) is 0. The zero-order valence-electron chi connectivity index (χ0n) is 15.2. The van der Waals surface area contributed by atoms with E-state index in [1.165, 1.54) is 0 Å². The molecule has 0 amide bonds. The van der Waals surface area contributed by atoms with Crippen molar-refractivity contribution >= 4 is 40.1 Å². The molecule has 3 aromatic rings.